The van der Waals surface area contributed by atoms with Gasteiger partial charge >= 0.3 is 0 Å². The Morgan fingerprint density at radius 2 is 1.78 bits per heavy atom. The van der Waals surface area contributed by atoms with Crippen LogP contribution in [0.2, 0.25) is 0 Å². The number of nitrogens with one attached hydrogen (secondary N) is 3. The van der Waals surface area contributed by atoms with E-state index in [0.29, 0.717) is 12.5 Å². The third-order valence-corrected chi connectivity index (χ3v) is 3.69. The molecule has 0 aliphatic carbocycles. The van der Waals surface area contributed by atoms with E-state index in [1.807, 2.05) is 24.3 Å². The number of nitrogens with zero attached hydrogens (tertiary/aromatic N) is 1. The number of rotatable bonds is 12. The minimum atomic E-state index is -0.0910. The van der Waals surface area contributed by atoms with Gasteiger partial charge in [-0.1, -0.05) is 25.5 Å². The lowest BCUT2D eigenvalue weighted by atomic mass is 10.2. The summed E-state index contributed by atoms with van der Waals surface area (Å²) in [5.74, 6) is 1.32. The topological polar surface area (TPSA) is 84.0 Å². The van der Waals surface area contributed by atoms with Crippen LogP contribution >= 0.6 is 24.0 Å². The van der Waals surface area contributed by atoms with Gasteiger partial charge in [0.2, 0.25) is 5.91 Å². The van der Waals surface area contributed by atoms with E-state index in [2.05, 4.69) is 27.9 Å². The van der Waals surface area contributed by atoms with Gasteiger partial charge in [-0.05, 0) is 30.5 Å². The van der Waals surface area contributed by atoms with Crippen molar-refractivity contribution in [3.8, 4) is 5.75 Å². The molecule has 0 saturated heterocycles. The van der Waals surface area contributed by atoms with Crippen LogP contribution in [-0.4, -0.2) is 52.3 Å². The van der Waals surface area contributed by atoms with Gasteiger partial charge in [-0.25, -0.2) is 0 Å². The average Bonchev–Trinajstić information content (AvgIpc) is 2.68. The predicted molar refractivity (Wildman–Crippen MR) is 120 cm³/mol. The molecule has 0 aliphatic heterocycles. The molecule has 0 fully saturated rings. The number of carbonyl (C=O) groups excluding carboxylic acids is 1. The summed E-state index contributed by atoms with van der Waals surface area (Å²) in [7, 11) is 3.31. The Morgan fingerprint density at radius 3 is 2.41 bits per heavy atom. The third kappa shape index (κ3) is 12.5. The molecule has 0 aromatic heterocycles. The van der Waals surface area contributed by atoms with Crippen LogP contribution in [0.4, 0.5) is 0 Å². The summed E-state index contributed by atoms with van der Waals surface area (Å²) in [6.07, 6.45) is 3.14. The summed E-state index contributed by atoms with van der Waals surface area (Å²) >= 11 is 0. The van der Waals surface area contributed by atoms with Crippen molar-refractivity contribution >= 4 is 35.8 Å². The SMILES string of the molecule is CCCCOCCCNC(=NC)NCC(=O)NCc1ccc(OC)cc1.I. The Kier molecular flexibility index (Phi) is 15.7. The lowest BCUT2D eigenvalue weighted by Gasteiger charge is -2.12. The molecule has 8 heteroatoms. The van der Waals surface area contributed by atoms with E-state index < -0.39 is 0 Å². The minimum Gasteiger partial charge on any atom is -0.497 e. The average molecular weight is 492 g/mol. The fourth-order valence-corrected chi connectivity index (χ4v) is 2.12. The predicted octanol–water partition coefficient (Wildman–Crippen LogP) is 2.30. The molecule has 0 spiro atoms. The highest BCUT2D eigenvalue weighted by Crippen LogP contribution is 2.10. The molecule has 3 N–H and O–H groups in total. The summed E-state index contributed by atoms with van der Waals surface area (Å²) in [5, 5.41) is 9.03. The van der Waals surface area contributed by atoms with Crippen LogP contribution in [0.15, 0.2) is 29.3 Å². The van der Waals surface area contributed by atoms with E-state index in [4.69, 9.17) is 9.47 Å². The maximum atomic E-state index is 11.9. The molecule has 0 bridgehead atoms. The highest BCUT2D eigenvalue weighted by atomic mass is 127. The molecular weight excluding hydrogens is 459 g/mol. The quantitative estimate of drug-likeness (QED) is 0.181. The van der Waals surface area contributed by atoms with E-state index in [9.17, 15) is 4.79 Å². The minimum absolute atomic E-state index is 0. The molecule has 1 aromatic carbocycles. The van der Waals surface area contributed by atoms with Gasteiger partial charge < -0.3 is 25.4 Å². The molecule has 154 valence electrons. The molecule has 27 heavy (non-hydrogen) atoms. The Balaban J connectivity index is 0.00000676. The monoisotopic (exact) mass is 492 g/mol. The first kappa shape index (κ1) is 25.4. The maximum Gasteiger partial charge on any atom is 0.239 e. The molecule has 0 saturated carbocycles. The number of amides is 1. The normalized spacial score (nSPS) is 10.7. The van der Waals surface area contributed by atoms with E-state index in [-0.39, 0.29) is 36.4 Å². The Bertz CT molecular complexity index is 538. The zero-order chi connectivity index (χ0) is 19.0. The van der Waals surface area contributed by atoms with Gasteiger partial charge in [0.05, 0.1) is 13.7 Å². The standard InChI is InChI=1S/C19H32N4O3.HI/c1-4-5-12-26-13-6-11-21-19(20-2)23-15-18(24)22-14-16-7-9-17(25-3)10-8-16;/h7-10H,4-6,11-15H2,1-3H3,(H,22,24)(H2,20,21,23);1H. The van der Waals surface area contributed by atoms with Gasteiger partial charge in [-0.2, -0.15) is 0 Å². The molecule has 1 amide bonds. The van der Waals surface area contributed by atoms with Gasteiger partial charge in [0, 0.05) is 33.4 Å². The molecule has 0 heterocycles. The number of carbonyl (C=O) groups is 1. The number of aliphatic imine (C=N–C) groups is 1. The van der Waals surface area contributed by atoms with E-state index >= 15 is 0 Å². The first-order chi connectivity index (χ1) is 12.7. The summed E-state index contributed by atoms with van der Waals surface area (Å²) in [6.45, 7) is 5.09. The number of halogens is 1. The molecule has 1 rings (SSSR count). The van der Waals surface area contributed by atoms with Crippen molar-refractivity contribution in [3.05, 3.63) is 29.8 Å². The number of guanidine groups is 1. The van der Waals surface area contributed by atoms with E-state index in [1.54, 1.807) is 14.2 Å². The first-order valence-electron chi connectivity index (χ1n) is 9.11. The Labute approximate surface area is 179 Å². The van der Waals surface area contributed by atoms with Crippen molar-refractivity contribution in [1.29, 1.82) is 0 Å². The second kappa shape index (κ2) is 16.6. The lowest BCUT2D eigenvalue weighted by Crippen LogP contribution is -2.43. The largest absolute Gasteiger partial charge is 0.497 e. The third-order valence-electron chi connectivity index (χ3n) is 3.69. The Morgan fingerprint density at radius 1 is 1.07 bits per heavy atom. The highest BCUT2D eigenvalue weighted by Gasteiger charge is 2.04. The molecule has 0 aliphatic rings. The lowest BCUT2D eigenvalue weighted by molar-refractivity contribution is -0.120. The molecule has 0 unspecified atom stereocenters. The molecule has 0 atom stereocenters. The van der Waals surface area contributed by atoms with Crippen molar-refractivity contribution in [2.24, 2.45) is 4.99 Å². The number of methoxy groups -OCH3 is 1. The van der Waals surface area contributed by atoms with Crippen LogP contribution in [0.3, 0.4) is 0 Å². The summed E-state index contributed by atoms with van der Waals surface area (Å²) in [6, 6.07) is 7.60. The van der Waals surface area contributed by atoms with Crippen LogP contribution < -0.4 is 20.7 Å². The van der Waals surface area contributed by atoms with Gasteiger partial charge in [-0.15, -0.1) is 24.0 Å². The van der Waals surface area contributed by atoms with E-state index in [0.717, 1.165) is 50.3 Å². The van der Waals surface area contributed by atoms with E-state index in [1.165, 1.54) is 0 Å². The first-order valence-corrected chi connectivity index (χ1v) is 9.11. The molecule has 0 radical (unpaired) electrons. The number of ether oxygens (including phenoxy) is 2. The maximum absolute atomic E-state index is 11.9. The van der Waals surface area contributed by atoms with Crippen molar-refractivity contribution in [2.45, 2.75) is 32.7 Å². The smallest absolute Gasteiger partial charge is 0.239 e. The highest BCUT2D eigenvalue weighted by molar-refractivity contribution is 14.0. The molecule has 7 nitrogen and oxygen atoms in total. The van der Waals surface area contributed by atoms with Gasteiger partial charge in [0.15, 0.2) is 5.96 Å². The van der Waals surface area contributed by atoms with Gasteiger partial charge in [0.25, 0.3) is 0 Å². The van der Waals surface area contributed by atoms with Crippen LogP contribution in [-0.2, 0) is 16.1 Å². The molecular formula is C19H33IN4O3. The van der Waals surface area contributed by atoms with Gasteiger partial charge in [0.1, 0.15) is 5.75 Å². The van der Waals surface area contributed by atoms with Crippen molar-refractivity contribution in [1.82, 2.24) is 16.0 Å². The van der Waals surface area contributed by atoms with Crippen LogP contribution in [0, 0.1) is 0 Å². The fraction of sp³-hybridized carbons (Fsp3) is 0.579. The van der Waals surface area contributed by atoms with Crippen molar-refractivity contribution in [2.75, 3.05) is 40.5 Å². The van der Waals surface area contributed by atoms with Crippen LogP contribution in [0.1, 0.15) is 31.7 Å². The zero-order valence-corrected chi connectivity index (χ0v) is 18.9. The van der Waals surface area contributed by atoms with Crippen LogP contribution in [0.5, 0.6) is 5.75 Å². The Hall–Kier alpha value is -1.55. The summed E-state index contributed by atoms with van der Waals surface area (Å²) in [5.41, 5.74) is 1.02. The number of benzene rings is 1. The van der Waals surface area contributed by atoms with Crippen molar-refractivity contribution in [3.63, 3.8) is 0 Å². The van der Waals surface area contributed by atoms with Crippen LogP contribution in [0.25, 0.3) is 0 Å². The zero-order valence-electron chi connectivity index (χ0n) is 16.5. The second-order valence-electron chi connectivity index (χ2n) is 5.80. The summed E-state index contributed by atoms with van der Waals surface area (Å²) in [4.78, 5) is 16.0. The summed E-state index contributed by atoms with van der Waals surface area (Å²) < 4.78 is 10.6. The number of unbranched alkanes of at least 4 members (excludes halogenated alkanes) is 1. The second-order valence-corrected chi connectivity index (χ2v) is 5.80. The van der Waals surface area contributed by atoms with Gasteiger partial charge in [-0.3, -0.25) is 9.79 Å². The number of hydrogen-bond donors (Lipinski definition) is 3. The number of hydrogen-bond acceptors (Lipinski definition) is 4. The van der Waals surface area contributed by atoms with Crippen molar-refractivity contribution < 1.29 is 14.3 Å². The fourth-order valence-electron chi connectivity index (χ4n) is 2.12. The molecule has 1 aromatic rings.